The highest BCUT2D eigenvalue weighted by Gasteiger charge is 2.51. The predicted molar refractivity (Wildman–Crippen MR) is 264 cm³/mol. The van der Waals surface area contributed by atoms with Crippen LogP contribution in [0.15, 0.2) is 224 Å². The molecule has 2 heteroatoms. The van der Waals surface area contributed by atoms with Gasteiger partial charge in [-0.15, -0.1) is 0 Å². The largest absolute Gasteiger partial charge is 0.457 e. The van der Waals surface area contributed by atoms with E-state index in [0.717, 1.165) is 39.7 Å². The zero-order chi connectivity index (χ0) is 41.2. The maximum Gasteiger partial charge on any atom is 0.132 e. The quantitative estimate of drug-likeness (QED) is 0.164. The van der Waals surface area contributed by atoms with Crippen molar-refractivity contribution >= 4 is 81.7 Å². The fraction of sp³-hybridized carbons (Fsp3) is 0.0164. The molecule has 2 heterocycles. The summed E-state index contributed by atoms with van der Waals surface area (Å²) in [6, 6.07) is 83.1. The molecule has 292 valence electrons. The van der Waals surface area contributed by atoms with Crippen LogP contribution in [0.3, 0.4) is 0 Å². The van der Waals surface area contributed by atoms with Crippen LogP contribution in [0.1, 0.15) is 22.3 Å². The van der Waals surface area contributed by atoms with Crippen molar-refractivity contribution in [1.82, 2.24) is 0 Å². The summed E-state index contributed by atoms with van der Waals surface area (Å²) in [5.41, 5.74) is 10.1. The summed E-state index contributed by atoms with van der Waals surface area (Å²) in [5.74, 6) is 1.77. The van der Waals surface area contributed by atoms with Gasteiger partial charge in [0.05, 0.1) is 16.8 Å². The van der Waals surface area contributed by atoms with Gasteiger partial charge >= 0.3 is 0 Å². The van der Waals surface area contributed by atoms with Crippen LogP contribution in [0.5, 0.6) is 11.5 Å². The van der Waals surface area contributed by atoms with Gasteiger partial charge in [0.15, 0.2) is 0 Å². The number of hydrogen-bond acceptors (Lipinski definition) is 2. The van der Waals surface area contributed by atoms with Gasteiger partial charge in [-0.1, -0.05) is 188 Å². The molecule has 0 bridgehead atoms. The molecule has 1 spiro atoms. The molecule has 0 saturated carbocycles. The first kappa shape index (κ1) is 34.5. The highest BCUT2D eigenvalue weighted by atomic mass is 16.5. The van der Waals surface area contributed by atoms with E-state index in [1.807, 2.05) is 0 Å². The summed E-state index contributed by atoms with van der Waals surface area (Å²) >= 11 is 0. The number of rotatable bonds is 1. The number of anilines is 3. The lowest BCUT2D eigenvalue weighted by Gasteiger charge is -2.48. The van der Waals surface area contributed by atoms with Gasteiger partial charge < -0.3 is 9.64 Å². The van der Waals surface area contributed by atoms with E-state index in [-0.39, 0.29) is 0 Å². The lowest BCUT2D eigenvalue weighted by molar-refractivity contribution is 0.434. The first-order valence-corrected chi connectivity index (χ1v) is 21.8. The summed E-state index contributed by atoms with van der Waals surface area (Å²) in [5, 5.41) is 14.9. The smallest absolute Gasteiger partial charge is 0.132 e. The van der Waals surface area contributed by atoms with E-state index < -0.39 is 5.41 Å². The Balaban J connectivity index is 1.15. The Hall–Kier alpha value is -8.20. The summed E-state index contributed by atoms with van der Waals surface area (Å²) in [7, 11) is 0. The lowest BCUT2D eigenvalue weighted by atomic mass is 9.61. The van der Waals surface area contributed by atoms with Crippen LogP contribution in [-0.2, 0) is 5.41 Å². The molecule has 0 atom stereocenters. The Bertz CT molecular complexity index is 3820. The molecule has 0 aromatic heterocycles. The fourth-order valence-electron chi connectivity index (χ4n) is 11.6. The average molecular weight is 800 g/mol. The first-order valence-electron chi connectivity index (χ1n) is 21.8. The Kier molecular flexibility index (Phi) is 7.07. The fourth-order valence-corrected chi connectivity index (χ4v) is 11.6. The van der Waals surface area contributed by atoms with Gasteiger partial charge in [0, 0.05) is 16.8 Å². The molecule has 14 rings (SSSR count). The van der Waals surface area contributed by atoms with E-state index in [9.17, 15) is 0 Å². The Morgan fingerprint density at radius 2 is 0.603 bits per heavy atom. The third kappa shape index (κ3) is 4.57. The second-order valence-corrected chi connectivity index (χ2v) is 17.0. The molecule has 0 N–H and O–H groups in total. The van der Waals surface area contributed by atoms with Crippen molar-refractivity contribution in [3.8, 4) is 22.6 Å². The van der Waals surface area contributed by atoms with Gasteiger partial charge in [0.2, 0.25) is 0 Å². The van der Waals surface area contributed by atoms with Crippen molar-refractivity contribution < 1.29 is 4.74 Å². The van der Waals surface area contributed by atoms with Gasteiger partial charge in [0.25, 0.3) is 0 Å². The minimum Gasteiger partial charge on any atom is -0.457 e. The second kappa shape index (κ2) is 12.9. The van der Waals surface area contributed by atoms with Crippen molar-refractivity contribution in [2.45, 2.75) is 5.41 Å². The van der Waals surface area contributed by atoms with Crippen LogP contribution < -0.4 is 9.64 Å². The van der Waals surface area contributed by atoms with Gasteiger partial charge in [-0.2, -0.15) is 0 Å². The standard InChI is InChI=1S/C61H37NO/c1-4-20-42-39(17-1)40-18-2-5-21-43(40)48-25-16-26-49-50-37-38(35-36-45(50)41-19-3-6-22-44(41)47-24-15-23-46(42)59(47)60(48)49)62-55-31-11-7-27-51(55)61(52-28-8-12-32-56(52)62)53-29-9-13-33-57(53)63-58-34-14-10-30-54(58)61/h1-37H. The maximum atomic E-state index is 6.69. The molecular formula is C61H37NO. The molecule has 4 aliphatic rings. The number of ether oxygens (including phenoxy) is 1. The molecule has 0 unspecified atom stereocenters. The van der Waals surface area contributed by atoms with E-state index >= 15 is 0 Å². The summed E-state index contributed by atoms with van der Waals surface area (Å²) in [4.78, 5) is 2.50. The molecule has 63 heavy (non-hydrogen) atoms. The molecular weight excluding hydrogens is 763 g/mol. The minimum absolute atomic E-state index is 0.600. The van der Waals surface area contributed by atoms with Crippen molar-refractivity contribution in [2.24, 2.45) is 0 Å². The van der Waals surface area contributed by atoms with E-state index in [1.54, 1.807) is 0 Å². The third-order valence-corrected chi connectivity index (χ3v) is 14.1. The second-order valence-electron chi connectivity index (χ2n) is 17.0. The number of para-hydroxylation sites is 4. The third-order valence-electron chi connectivity index (χ3n) is 14.1. The summed E-state index contributed by atoms with van der Waals surface area (Å²) in [6.45, 7) is 0. The zero-order valence-electron chi connectivity index (χ0n) is 34.2. The van der Waals surface area contributed by atoms with Crippen LogP contribution in [0.2, 0.25) is 0 Å². The van der Waals surface area contributed by atoms with Crippen molar-refractivity contribution in [3.05, 3.63) is 247 Å². The molecule has 10 aromatic carbocycles. The van der Waals surface area contributed by atoms with E-state index in [1.165, 1.54) is 86.9 Å². The Morgan fingerprint density at radius 1 is 0.270 bits per heavy atom. The van der Waals surface area contributed by atoms with E-state index in [4.69, 9.17) is 4.74 Å². The summed E-state index contributed by atoms with van der Waals surface area (Å²) in [6.07, 6.45) is 0. The normalized spacial score (nSPS) is 13.6. The number of benzene rings is 10. The number of nitrogens with zero attached hydrogens (tertiary/aromatic N) is 1. The van der Waals surface area contributed by atoms with Gasteiger partial charge in [-0.25, -0.2) is 0 Å². The topological polar surface area (TPSA) is 12.5 Å². The minimum atomic E-state index is -0.600. The monoisotopic (exact) mass is 799 g/mol. The van der Waals surface area contributed by atoms with Crippen LogP contribution in [0.25, 0.3) is 75.8 Å². The molecule has 2 aliphatic carbocycles. The van der Waals surface area contributed by atoms with Crippen molar-refractivity contribution in [2.75, 3.05) is 4.90 Å². The van der Waals surface area contributed by atoms with E-state index in [2.05, 4.69) is 229 Å². The number of fused-ring (bicyclic) bond motifs is 18. The molecule has 0 amide bonds. The SMILES string of the molecule is c1ccc2c(c1)Oc1ccccc1C21c2ccccc2N(c2ccc3c(c2)c2cccc4c2-c2c(cccc2c2ccccc23)c2ccccc2c2ccccc42)c2ccccc21. The maximum absolute atomic E-state index is 6.69. The van der Waals surface area contributed by atoms with Crippen molar-refractivity contribution in [3.63, 3.8) is 0 Å². The van der Waals surface area contributed by atoms with E-state index in [0.29, 0.717) is 0 Å². The Morgan fingerprint density at radius 3 is 1.06 bits per heavy atom. The molecule has 0 saturated heterocycles. The zero-order valence-corrected chi connectivity index (χ0v) is 34.2. The lowest BCUT2D eigenvalue weighted by Crippen LogP contribution is -2.39. The van der Waals surface area contributed by atoms with Crippen LogP contribution >= 0.6 is 0 Å². The molecule has 10 aromatic rings. The van der Waals surface area contributed by atoms with Gasteiger partial charge in [-0.05, 0) is 123 Å². The average Bonchev–Trinajstić information content (AvgIpc) is 3.35. The van der Waals surface area contributed by atoms with Gasteiger partial charge in [0.1, 0.15) is 11.5 Å². The number of hydrogen-bond donors (Lipinski definition) is 0. The van der Waals surface area contributed by atoms with Crippen LogP contribution in [0, 0.1) is 0 Å². The van der Waals surface area contributed by atoms with Crippen LogP contribution in [0.4, 0.5) is 17.1 Å². The highest BCUT2D eigenvalue weighted by molar-refractivity contribution is 6.32. The molecule has 0 radical (unpaired) electrons. The summed E-state index contributed by atoms with van der Waals surface area (Å²) < 4.78 is 6.69. The molecule has 2 aliphatic heterocycles. The van der Waals surface area contributed by atoms with Gasteiger partial charge in [-0.3, -0.25) is 0 Å². The predicted octanol–water partition coefficient (Wildman–Crippen LogP) is 16.5. The van der Waals surface area contributed by atoms with Crippen LogP contribution in [-0.4, -0.2) is 0 Å². The van der Waals surface area contributed by atoms with Crippen molar-refractivity contribution in [1.29, 1.82) is 0 Å². The highest BCUT2D eigenvalue weighted by Crippen LogP contribution is 2.63. The first-order chi connectivity index (χ1) is 31.3. The Labute approximate surface area is 364 Å². The molecule has 2 nitrogen and oxygen atoms in total. The molecule has 0 fully saturated rings.